The van der Waals surface area contributed by atoms with Gasteiger partial charge < -0.3 is 0 Å². The predicted molar refractivity (Wildman–Crippen MR) is 87.2 cm³/mol. The highest BCUT2D eigenvalue weighted by Gasteiger charge is 2.23. The highest BCUT2D eigenvalue weighted by molar-refractivity contribution is 7.93. The van der Waals surface area contributed by atoms with Gasteiger partial charge in [0.1, 0.15) is 0 Å². The molecule has 7 nitrogen and oxygen atoms in total. The van der Waals surface area contributed by atoms with Gasteiger partial charge in [0.15, 0.2) is 5.13 Å². The fraction of sp³-hybridized carbons (Fsp3) is 0.357. The van der Waals surface area contributed by atoms with Crippen LogP contribution in [0.25, 0.3) is 0 Å². The van der Waals surface area contributed by atoms with E-state index in [0.29, 0.717) is 11.0 Å². The van der Waals surface area contributed by atoms with Crippen LogP contribution in [0.4, 0.5) is 10.8 Å². The van der Waals surface area contributed by atoms with E-state index < -0.39 is 14.9 Å². The summed E-state index contributed by atoms with van der Waals surface area (Å²) in [7, 11) is -3.89. The van der Waals surface area contributed by atoms with Gasteiger partial charge in [-0.1, -0.05) is 13.0 Å². The Morgan fingerprint density at radius 2 is 2.22 bits per heavy atom. The molecule has 122 valence electrons. The summed E-state index contributed by atoms with van der Waals surface area (Å²) in [6.45, 7) is 2.16. The maximum absolute atomic E-state index is 12.4. The van der Waals surface area contributed by atoms with Crippen LogP contribution in [0.1, 0.15) is 23.9 Å². The molecular formula is C14H15N3O4S2. The Hall–Kier alpha value is -2.00. The molecule has 1 heterocycles. The van der Waals surface area contributed by atoms with Crippen molar-refractivity contribution in [2.45, 2.75) is 31.1 Å². The molecule has 0 fully saturated rings. The van der Waals surface area contributed by atoms with E-state index in [1.807, 2.05) is 0 Å². The normalized spacial score (nSPS) is 17.5. The third kappa shape index (κ3) is 3.35. The average molecular weight is 353 g/mol. The molecule has 1 N–H and O–H groups in total. The molecule has 2 aromatic rings. The maximum atomic E-state index is 12.4. The number of benzene rings is 1. The first kappa shape index (κ1) is 15.9. The number of aromatic nitrogens is 1. The zero-order valence-electron chi connectivity index (χ0n) is 12.4. The second kappa shape index (κ2) is 5.89. The van der Waals surface area contributed by atoms with Gasteiger partial charge in [0, 0.05) is 17.0 Å². The van der Waals surface area contributed by atoms with Crippen molar-refractivity contribution in [1.29, 1.82) is 0 Å². The van der Waals surface area contributed by atoms with Crippen molar-refractivity contribution in [2.24, 2.45) is 5.92 Å². The Kier molecular flexibility index (Phi) is 4.07. The van der Waals surface area contributed by atoms with Crippen molar-refractivity contribution in [3.63, 3.8) is 0 Å². The molecule has 0 radical (unpaired) electrons. The van der Waals surface area contributed by atoms with Gasteiger partial charge in [0.25, 0.3) is 15.7 Å². The average Bonchev–Trinajstić information content (AvgIpc) is 2.87. The van der Waals surface area contributed by atoms with Gasteiger partial charge in [-0.15, -0.1) is 11.3 Å². The number of nitro benzene ring substituents is 1. The molecule has 1 aliphatic rings. The first-order valence-electron chi connectivity index (χ1n) is 7.11. The minimum atomic E-state index is -3.89. The largest absolute Gasteiger partial charge is 0.270 e. The van der Waals surface area contributed by atoms with Gasteiger partial charge in [-0.05, 0) is 31.2 Å². The molecule has 3 rings (SSSR count). The first-order valence-corrected chi connectivity index (χ1v) is 9.41. The van der Waals surface area contributed by atoms with Crippen LogP contribution in [-0.2, 0) is 22.9 Å². The number of thiazole rings is 1. The molecule has 9 heteroatoms. The summed E-state index contributed by atoms with van der Waals surface area (Å²) in [5.41, 5.74) is 0.685. The number of hydrogen-bond acceptors (Lipinski definition) is 6. The fourth-order valence-corrected chi connectivity index (χ4v) is 4.97. The number of nitro groups is 1. The van der Waals surface area contributed by atoms with E-state index in [1.165, 1.54) is 29.5 Å². The van der Waals surface area contributed by atoms with E-state index in [-0.39, 0.29) is 10.6 Å². The van der Waals surface area contributed by atoms with Crippen molar-refractivity contribution in [3.8, 4) is 0 Å². The van der Waals surface area contributed by atoms with Crippen LogP contribution in [0.2, 0.25) is 0 Å². The molecule has 1 unspecified atom stereocenters. The lowest BCUT2D eigenvalue weighted by Gasteiger charge is -2.15. The Morgan fingerprint density at radius 3 is 2.96 bits per heavy atom. The number of anilines is 1. The highest BCUT2D eigenvalue weighted by atomic mass is 32.2. The number of aryl methyl sites for hydroxylation is 1. The van der Waals surface area contributed by atoms with Gasteiger partial charge in [-0.3, -0.25) is 14.8 Å². The van der Waals surface area contributed by atoms with Gasteiger partial charge in [-0.25, -0.2) is 13.4 Å². The van der Waals surface area contributed by atoms with E-state index >= 15 is 0 Å². The van der Waals surface area contributed by atoms with Gasteiger partial charge in [0.05, 0.1) is 15.5 Å². The topological polar surface area (TPSA) is 102 Å². The van der Waals surface area contributed by atoms with Crippen LogP contribution in [0.3, 0.4) is 0 Å². The summed E-state index contributed by atoms with van der Waals surface area (Å²) in [6, 6.07) is 4.96. The standard InChI is InChI=1S/C14H15N3O4S2/c1-9-5-6-12-13(7-9)22-14(15-12)16-23(20,21)11-4-2-3-10(8-11)17(18)19/h2-4,8-9H,5-7H2,1H3,(H,15,16). The lowest BCUT2D eigenvalue weighted by Crippen LogP contribution is -2.13. The molecule has 0 aliphatic heterocycles. The van der Waals surface area contributed by atoms with Crippen molar-refractivity contribution in [3.05, 3.63) is 45.0 Å². The summed E-state index contributed by atoms with van der Waals surface area (Å²) in [5, 5.41) is 11.1. The Bertz CT molecular complexity index is 861. The Labute approximate surface area is 137 Å². The van der Waals surface area contributed by atoms with E-state index in [4.69, 9.17) is 0 Å². The predicted octanol–water partition coefficient (Wildman–Crippen LogP) is 2.98. The second-order valence-electron chi connectivity index (χ2n) is 5.60. The Balaban J connectivity index is 1.87. The molecule has 0 saturated carbocycles. The number of fused-ring (bicyclic) bond motifs is 1. The molecule has 1 atom stereocenters. The summed E-state index contributed by atoms with van der Waals surface area (Å²) in [4.78, 5) is 15.5. The Morgan fingerprint density at radius 1 is 1.43 bits per heavy atom. The van der Waals surface area contributed by atoms with E-state index in [0.717, 1.165) is 35.9 Å². The number of nitrogens with zero attached hydrogens (tertiary/aromatic N) is 2. The summed E-state index contributed by atoms with van der Waals surface area (Å²) in [5.74, 6) is 0.573. The number of non-ortho nitro benzene ring substituents is 1. The van der Waals surface area contributed by atoms with Crippen molar-refractivity contribution >= 4 is 32.2 Å². The third-order valence-corrected chi connectivity index (χ3v) is 6.25. The molecule has 1 aliphatic carbocycles. The number of hydrogen-bond donors (Lipinski definition) is 1. The molecule has 23 heavy (non-hydrogen) atoms. The minimum absolute atomic E-state index is 0.145. The molecule has 0 amide bonds. The molecule has 1 aromatic heterocycles. The van der Waals surface area contributed by atoms with Crippen LogP contribution in [0.15, 0.2) is 29.2 Å². The highest BCUT2D eigenvalue weighted by Crippen LogP contribution is 2.33. The van der Waals surface area contributed by atoms with Crippen molar-refractivity contribution in [1.82, 2.24) is 4.98 Å². The van der Waals surface area contributed by atoms with E-state index in [1.54, 1.807) is 0 Å². The maximum Gasteiger partial charge on any atom is 0.270 e. The molecule has 0 saturated heterocycles. The van der Waals surface area contributed by atoms with Crippen LogP contribution in [0, 0.1) is 16.0 Å². The number of rotatable bonds is 4. The van der Waals surface area contributed by atoms with Crippen molar-refractivity contribution < 1.29 is 13.3 Å². The lowest BCUT2D eigenvalue weighted by molar-refractivity contribution is -0.385. The lowest BCUT2D eigenvalue weighted by atomic mass is 9.93. The number of nitrogens with one attached hydrogen (secondary N) is 1. The molecule has 0 spiro atoms. The molecule has 0 bridgehead atoms. The monoisotopic (exact) mass is 353 g/mol. The zero-order valence-corrected chi connectivity index (χ0v) is 14.0. The summed E-state index contributed by atoms with van der Waals surface area (Å²) in [6.07, 6.45) is 2.81. The molecule has 1 aromatic carbocycles. The first-order chi connectivity index (χ1) is 10.8. The van der Waals surface area contributed by atoms with Crippen LogP contribution in [-0.4, -0.2) is 18.3 Å². The summed E-state index contributed by atoms with van der Waals surface area (Å²) < 4.78 is 27.2. The van der Waals surface area contributed by atoms with E-state index in [2.05, 4.69) is 16.6 Å². The van der Waals surface area contributed by atoms with Crippen LogP contribution < -0.4 is 4.72 Å². The smallest absolute Gasteiger partial charge is 0.258 e. The summed E-state index contributed by atoms with van der Waals surface area (Å²) >= 11 is 1.34. The van der Waals surface area contributed by atoms with Crippen molar-refractivity contribution in [2.75, 3.05) is 4.72 Å². The van der Waals surface area contributed by atoms with E-state index in [9.17, 15) is 18.5 Å². The van der Waals surface area contributed by atoms with Crippen LogP contribution >= 0.6 is 11.3 Å². The fourth-order valence-electron chi connectivity index (χ4n) is 2.52. The minimum Gasteiger partial charge on any atom is -0.258 e. The third-order valence-electron chi connectivity index (χ3n) is 3.75. The van der Waals surface area contributed by atoms with Gasteiger partial charge in [0.2, 0.25) is 0 Å². The van der Waals surface area contributed by atoms with Gasteiger partial charge in [-0.2, -0.15) is 0 Å². The van der Waals surface area contributed by atoms with Crippen LogP contribution in [0.5, 0.6) is 0 Å². The SMILES string of the molecule is CC1CCc2nc(NS(=O)(=O)c3cccc([N+](=O)[O-])c3)sc2C1. The quantitative estimate of drug-likeness (QED) is 0.672. The van der Waals surface area contributed by atoms with Gasteiger partial charge >= 0.3 is 0 Å². The number of sulfonamides is 1. The molecular weight excluding hydrogens is 338 g/mol. The zero-order chi connectivity index (χ0) is 16.6. The second-order valence-corrected chi connectivity index (χ2v) is 8.36.